The standard InChI is InChI=1S/C19H21NO4/c1-15-7-3-5-9-17(15)23-12-11-20(2)19(22)14-24-18-10-6-4-8-16(18)13-21/h3-10,13H,11-12,14H2,1-2H3. The molecule has 0 radical (unpaired) electrons. The van der Waals surface area contributed by atoms with E-state index in [-0.39, 0.29) is 12.5 Å². The summed E-state index contributed by atoms with van der Waals surface area (Å²) in [6, 6.07) is 14.5. The van der Waals surface area contributed by atoms with Crippen molar-refractivity contribution in [3.8, 4) is 11.5 Å². The van der Waals surface area contributed by atoms with E-state index < -0.39 is 0 Å². The number of carbonyl (C=O) groups is 2. The third-order valence-electron chi connectivity index (χ3n) is 3.60. The Balaban J connectivity index is 1.78. The lowest BCUT2D eigenvalue weighted by Gasteiger charge is -2.18. The van der Waals surface area contributed by atoms with Gasteiger partial charge in [0.05, 0.1) is 12.1 Å². The summed E-state index contributed by atoms with van der Waals surface area (Å²) < 4.78 is 11.1. The molecule has 0 spiro atoms. The number of nitrogens with zero attached hydrogens (tertiary/aromatic N) is 1. The first-order valence-electron chi connectivity index (χ1n) is 7.71. The summed E-state index contributed by atoms with van der Waals surface area (Å²) in [4.78, 5) is 24.5. The molecule has 0 aromatic heterocycles. The Morgan fingerprint density at radius 3 is 2.42 bits per heavy atom. The zero-order valence-electron chi connectivity index (χ0n) is 13.9. The van der Waals surface area contributed by atoms with Crippen molar-refractivity contribution in [3.63, 3.8) is 0 Å². The summed E-state index contributed by atoms with van der Waals surface area (Å²) in [5.41, 5.74) is 1.48. The molecule has 24 heavy (non-hydrogen) atoms. The van der Waals surface area contributed by atoms with Crippen molar-refractivity contribution >= 4 is 12.2 Å². The average Bonchev–Trinajstić information content (AvgIpc) is 2.61. The Kier molecular flexibility index (Phi) is 6.37. The van der Waals surface area contributed by atoms with Crippen LogP contribution in [0.25, 0.3) is 0 Å². The predicted molar refractivity (Wildman–Crippen MR) is 91.6 cm³/mol. The molecule has 5 nitrogen and oxygen atoms in total. The van der Waals surface area contributed by atoms with E-state index in [1.54, 1.807) is 36.2 Å². The van der Waals surface area contributed by atoms with Crippen molar-refractivity contribution in [2.75, 3.05) is 26.8 Å². The van der Waals surface area contributed by atoms with Gasteiger partial charge in [-0.3, -0.25) is 9.59 Å². The van der Waals surface area contributed by atoms with E-state index in [9.17, 15) is 9.59 Å². The second-order valence-corrected chi connectivity index (χ2v) is 5.37. The number of benzene rings is 2. The summed E-state index contributed by atoms with van der Waals surface area (Å²) >= 11 is 0. The molecular weight excluding hydrogens is 306 g/mol. The summed E-state index contributed by atoms with van der Waals surface area (Å²) in [7, 11) is 1.69. The van der Waals surface area contributed by atoms with Crippen molar-refractivity contribution in [2.24, 2.45) is 0 Å². The van der Waals surface area contributed by atoms with Crippen LogP contribution >= 0.6 is 0 Å². The highest BCUT2D eigenvalue weighted by Gasteiger charge is 2.11. The van der Waals surface area contributed by atoms with Crippen LogP contribution in [0.2, 0.25) is 0 Å². The van der Waals surface area contributed by atoms with Gasteiger partial charge in [-0.25, -0.2) is 0 Å². The Morgan fingerprint density at radius 1 is 1.04 bits per heavy atom. The van der Waals surface area contributed by atoms with Crippen LogP contribution in [0.4, 0.5) is 0 Å². The predicted octanol–water partition coefficient (Wildman–Crippen LogP) is 2.72. The maximum atomic E-state index is 12.1. The maximum Gasteiger partial charge on any atom is 0.260 e. The zero-order chi connectivity index (χ0) is 17.4. The highest BCUT2D eigenvalue weighted by atomic mass is 16.5. The normalized spacial score (nSPS) is 10.1. The maximum absolute atomic E-state index is 12.1. The van der Waals surface area contributed by atoms with Crippen LogP contribution in [0.15, 0.2) is 48.5 Å². The van der Waals surface area contributed by atoms with E-state index in [1.165, 1.54) is 0 Å². The van der Waals surface area contributed by atoms with Gasteiger partial charge in [0.1, 0.15) is 18.1 Å². The molecule has 126 valence electrons. The van der Waals surface area contributed by atoms with Gasteiger partial charge in [0.25, 0.3) is 5.91 Å². The number of hydrogen-bond donors (Lipinski definition) is 0. The van der Waals surface area contributed by atoms with E-state index >= 15 is 0 Å². The quantitative estimate of drug-likeness (QED) is 0.700. The first-order valence-corrected chi connectivity index (χ1v) is 7.71. The van der Waals surface area contributed by atoms with Crippen molar-refractivity contribution in [2.45, 2.75) is 6.92 Å². The fraction of sp³-hybridized carbons (Fsp3) is 0.263. The topological polar surface area (TPSA) is 55.8 Å². The highest BCUT2D eigenvalue weighted by molar-refractivity contribution is 5.80. The highest BCUT2D eigenvalue weighted by Crippen LogP contribution is 2.16. The monoisotopic (exact) mass is 327 g/mol. The molecule has 0 aliphatic carbocycles. The average molecular weight is 327 g/mol. The van der Waals surface area contributed by atoms with E-state index in [4.69, 9.17) is 9.47 Å². The van der Waals surface area contributed by atoms with Crippen molar-refractivity contribution in [3.05, 3.63) is 59.7 Å². The number of hydrogen-bond acceptors (Lipinski definition) is 4. The van der Waals surface area contributed by atoms with Crippen molar-refractivity contribution < 1.29 is 19.1 Å². The Bertz CT molecular complexity index is 699. The second-order valence-electron chi connectivity index (χ2n) is 5.37. The van der Waals surface area contributed by atoms with Crippen LogP contribution in [-0.2, 0) is 4.79 Å². The second kappa shape index (κ2) is 8.72. The fourth-order valence-corrected chi connectivity index (χ4v) is 2.09. The van der Waals surface area contributed by atoms with Crippen LogP contribution in [0.5, 0.6) is 11.5 Å². The molecule has 0 heterocycles. The number of ether oxygens (including phenoxy) is 2. The minimum Gasteiger partial charge on any atom is -0.491 e. The molecule has 0 aliphatic heterocycles. The number of aldehydes is 1. The SMILES string of the molecule is Cc1ccccc1OCCN(C)C(=O)COc1ccccc1C=O. The third-order valence-corrected chi connectivity index (χ3v) is 3.60. The molecular formula is C19H21NO4. The largest absolute Gasteiger partial charge is 0.491 e. The van der Waals surface area contributed by atoms with Crippen LogP contribution in [0, 0.1) is 6.92 Å². The molecule has 2 rings (SSSR count). The molecule has 2 aromatic rings. The first-order chi connectivity index (χ1) is 11.6. The molecule has 0 N–H and O–H groups in total. The molecule has 0 atom stereocenters. The van der Waals surface area contributed by atoms with Crippen LogP contribution in [-0.4, -0.2) is 43.9 Å². The molecule has 0 unspecified atom stereocenters. The van der Waals surface area contributed by atoms with Crippen LogP contribution < -0.4 is 9.47 Å². The van der Waals surface area contributed by atoms with E-state index in [0.29, 0.717) is 30.8 Å². The lowest BCUT2D eigenvalue weighted by atomic mass is 10.2. The van der Waals surface area contributed by atoms with E-state index in [0.717, 1.165) is 11.3 Å². The van der Waals surface area contributed by atoms with Gasteiger partial charge in [0.2, 0.25) is 0 Å². The summed E-state index contributed by atoms with van der Waals surface area (Å²) in [6.45, 7) is 2.71. The molecule has 0 bridgehead atoms. The molecule has 0 aliphatic rings. The number of amides is 1. The number of rotatable bonds is 8. The van der Waals surface area contributed by atoms with Gasteiger partial charge >= 0.3 is 0 Å². The Hall–Kier alpha value is -2.82. The van der Waals surface area contributed by atoms with Crippen LogP contribution in [0.3, 0.4) is 0 Å². The number of likely N-dealkylation sites (N-methyl/N-ethyl adjacent to an activating group) is 1. The van der Waals surface area contributed by atoms with E-state index in [2.05, 4.69) is 0 Å². The summed E-state index contributed by atoms with van der Waals surface area (Å²) in [5.74, 6) is 1.05. The number of carbonyl (C=O) groups excluding carboxylic acids is 2. The lowest BCUT2D eigenvalue weighted by Crippen LogP contribution is -2.34. The lowest BCUT2D eigenvalue weighted by molar-refractivity contribution is -0.132. The minimum absolute atomic E-state index is 0.119. The molecule has 0 saturated heterocycles. The number of aryl methyl sites for hydroxylation is 1. The van der Waals surface area contributed by atoms with Gasteiger partial charge in [-0.1, -0.05) is 30.3 Å². The number of para-hydroxylation sites is 2. The van der Waals surface area contributed by atoms with Crippen molar-refractivity contribution in [1.82, 2.24) is 4.90 Å². The molecule has 2 aromatic carbocycles. The zero-order valence-corrected chi connectivity index (χ0v) is 13.9. The minimum atomic E-state index is -0.177. The van der Waals surface area contributed by atoms with Crippen LogP contribution in [0.1, 0.15) is 15.9 Å². The van der Waals surface area contributed by atoms with E-state index in [1.807, 2.05) is 31.2 Å². The Morgan fingerprint density at radius 2 is 1.71 bits per heavy atom. The van der Waals surface area contributed by atoms with Gasteiger partial charge in [0.15, 0.2) is 12.9 Å². The third kappa shape index (κ3) is 4.84. The first kappa shape index (κ1) is 17.5. The fourth-order valence-electron chi connectivity index (χ4n) is 2.09. The molecule has 1 amide bonds. The molecule has 5 heteroatoms. The van der Waals surface area contributed by atoms with Gasteiger partial charge in [-0.15, -0.1) is 0 Å². The van der Waals surface area contributed by atoms with Gasteiger partial charge in [-0.05, 0) is 30.7 Å². The summed E-state index contributed by atoms with van der Waals surface area (Å²) in [6.07, 6.45) is 0.708. The van der Waals surface area contributed by atoms with Gasteiger partial charge in [0, 0.05) is 7.05 Å². The van der Waals surface area contributed by atoms with Crippen molar-refractivity contribution in [1.29, 1.82) is 0 Å². The smallest absolute Gasteiger partial charge is 0.260 e. The van der Waals surface area contributed by atoms with Gasteiger partial charge in [-0.2, -0.15) is 0 Å². The summed E-state index contributed by atoms with van der Waals surface area (Å²) in [5, 5.41) is 0. The molecule has 0 fully saturated rings. The Labute approximate surface area is 141 Å². The van der Waals surface area contributed by atoms with Gasteiger partial charge < -0.3 is 14.4 Å². The molecule has 0 saturated carbocycles.